The minimum atomic E-state index is 0.827. The van der Waals surface area contributed by atoms with E-state index in [1.807, 2.05) is 23.9 Å². The standard InChI is InChI=1S/C13H16S.C6H7.2CO.Mn/c1-3-7-12(8-4-1)11-14-13-9-5-2-6-10-13;1-6-4-2-3-5-6;2*1-2;/h1,3-4,7-8,13H,2,5-6,9-10H2;2-5H,1H3;;;. The molecule has 0 aromatic heterocycles. The van der Waals surface area contributed by atoms with Crippen molar-refractivity contribution in [2.24, 2.45) is 0 Å². The monoisotopic (exact) mass is 394 g/mol. The van der Waals surface area contributed by atoms with E-state index in [4.69, 9.17) is 9.30 Å². The number of hydrogen-bond donors (Lipinski definition) is 0. The van der Waals surface area contributed by atoms with Crippen LogP contribution >= 0.6 is 11.8 Å². The molecule has 3 rings (SSSR count). The predicted molar refractivity (Wildman–Crippen MR) is 100 cm³/mol. The van der Waals surface area contributed by atoms with Crippen molar-refractivity contribution in [2.45, 2.75) is 44.3 Å². The van der Waals surface area contributed by atoms with Gasteiger partial charge in [-0.15, -0.1) is 0 Å². The molecule has 0 aliphatic heterocycles. The number of benzene rings is 1. The summed E-state index contributed by atoms with van der Waals surface area (Å²) < 4.78 is 16.3. The maximum absolute atomic E-state index is 7.50. The van der Waals surface area contributed by atoms with Gasteiger partial charge in [-0.25, -0.2) is 0 Å². The van der Waals surface area contributed by atoms with E-state index >= 15 is 0 Å². The molecular weight excluding hydrogens is 371 g/mol. The van der Waals surface area contributed by atoms with Gasteiger partial charge in [0.2, 0.25) is 0 Å². The third-order valence-electron chi connectivity index (χ3n) is 3.65. The van der Waals surface area contributed by atoms with Gasteiger partial charge in [0, 0.05) is 6.42 Å². The van der Waals surface area contributed by atoms with Crippen LogP contribution in [-0.2, 0) is 24.9 Å². The summed E-state index contributed by atoms with van der Waals surface area (Å²) in [6, 6.07) is 10.6. The molecule has 2 aliphatic rings. The number of hydrogen-bond acceptors (Lipinski definition) is 1. The van der Waals surface area contributed by atoms with Gasteiger partial charge in [0.1, 0.15) is 0 Å². The van der Waals surface area contributed by atoms with Gasteiger partial charge in [-0.3, -0.25) is 0 Å². The van der Waals surface area contributed by atoms with E-state index in [1.165, 1.54) is 47.0 Å². The topological polar surface area (TPSA) is 39.8 Å². The summed E-state index contributed by atoms with van der Waals surface area (Å²) in [6.07, 6.45) is 15.3. The first-order valence-electron chi connectivity index (χ1n) is 8.09. The first-order valence-corrected chi connectivity index (χ1v) is 9.56. The Morgan fingerprint density at radius 1 is 1.00 bits per heavy atom. The van der Waals surface area contributed by atoms with Gasteiger partial charge in [-0.05, 0) is 6.92 Å². The second-order valence-electron chi connectivity index (χ2n) is 5.48. The van der Waals surface area contributed by atoms with Gasteiger partial charge in [0.25, 0.3) is 0 Å². The molecule has 2 aliphatic carbocycles. The van der Waals surface area contributed by atoms with Crippen LogP contribution in [0.2, 0.25) is 0 Å². The number of thioether (sulfide) groups is 1. The zero-order chi connectivity index (χ0) is 18.9. The average molecular weight is 394 g/mol. The van der Waals surface area contributed by atoms with Crippen molar-refractivity contribution < 1.29 is 24.9 Å². The summed E-state index contributed by atoms with van der Waals surface area (Å²) in [5.74, 6) is 0. The van der Waals surface area contributed by atoms with Gasteiger partial charge in [-0.2, -0.15) is 0 Å². The summed E-state index contributed by atoms with van der Waals surface area (Å²) in [5.41, 5.74) is 2.66. The van der Waals surface area contributed by atoms with Crippen molar-refractivity contribution >= 4 is 15.5 Å². The van der Waals surface area contributed by atoms with Gasteiger partial charge in [-0.1, -0.05) is 23.8 Å². The minimum absolute atomic E-state index is 0.827. The maximum atomic E-state index is 7.50. The Morgan fingerprint density at radius 3 is 2.04 bits per heavy atom. The van der Waals surface area contributed by atoms with Crippen LogP contribution in [-0.4, -0.2) is 9.00 Å². The molecule has 0 atom stereocenters. The van der Waals surface area contributed by atoms with E-state index in [0.29, 0.717) is 0 Å². The van der Waals surface area contributed by atoms with Gasteiger partial charge in [0.15, 0.2) is 0 Å². The number of rotatable bonds is 3. The first-order chi connectivity index (χ1) is 12.3. The Morgan fingerprint density at radius 2 is 1.60 bits per heavy atom. The van der Waals surface area contributed by atoms with Gasteiger partial charge >= 0.3 is 127 Å². The molecule has 0 bridgehead atoms. The second-order valence-corrected chi connectivity index (χ2v) is 7.76. The molecule has 25 heavy (non-hydrogen) atoms. The van der Waals surface area contributed by atoms with E-state index in [1.54, 1.807) is 0 Å². The fraction of sp³-hybridized carbons (Fsp3) is 0.333. The zero-order valence-electron chi connectivity index (χ0n) is 14.4. The van der Waals surface area contributed by atoms with E-state index in [9.17, 15) is 0 Å². The fourth-order valence-electron chi connectivity index (χ4n) is 2.44. The molecule has 2 nitrogen and oxygen atoms in total. The Bertz CT molecular complexity index is 576. The van der Waals surface area contributed by atoms with Crippen LogP contribution in [0.15, 0.2) is 54.1 Å². The summed E-state index contributed by atoms with van der Waals surface area (Å²) in [5, 5.41) is 0.827. The summed E-state index contributed by atoms with van der Waals surface area (Å²) >= 11 is 5.71. The van der Waals surface area contributed by atoms with Crippen molar-refractivity contribution in [1.82, 2.24) is 0 Å². The third kappa shape index (κ3) is 11.2. The number of allylic oxidation sites excluding steroid dienone is 4. The molecule has 0 unspecified atom stereocenters. The normalized spacial score (nSPS) is 15.2. The molecule has 4 heteroatoms. The van der Waals surface area contributed by atoms with E-state index in [0.717, 1.165) is 5.25 Å². The van der Waals surface area contributed by atoms with Crippen molar-refractivity contribution in [2.75, 3.05) is 0 Å². The molecule has 1 aromatic rings. The summed E-state index contributed by atoms with van der Waals surface area (Å²) in [7, 11) is 0. The summed E-state index contributed by atoms with van der Waals surface area (Å²) in [4.78, 5) is 0. The van der Waals surface area contributed by atoms with Crippen LogP contribution in [0.25, 0.3) is 0 Å². The molecule has 1 fully saturated rings. The predicted octanol–water partition coefficient (Wildman–Crippen LogP) is 5.41. The van der Waals surface area contributed by atoms with Crippen LogP contribution in [0.5, 0.6) is 0 Å². The van der Waals surface area contributed by atoms with Gasteiger partial charge < -0.3 is 0 Å². The van der Waals surface area contributed by atoms with E-state index in [2.05, 4.69) is 78.6 Å². The van der Waals surface area contributed by atoms with Crippen molar-refractivity contribution in [3.8, 4) is 0 Å². The molecule has 1 saturated carbocycles. The first kappa shape index (κ1) is 23.9. The van der Waals surface area contributed by atoms with Crippen molar-refractivity contribution in [1.29, 1.82) is 0 Å². The Balaban J connectivity index is 0.000000481. The SMILES string of the molecule is CC1=CC=C[CH]1.[C-]#[O+].[C-]#[O+].[Mn]=[C](SC1CCCCC1)c1ccccc1. The molecule has 0 N–H and O–H groups in total. The Kier molecular flexibility index (Phi) is 15.7. The quantitative estimate of drug-likeness (QED) is 0.384. The average Bonchev–Trinajstić information content (AvgIpc) is 3.18. The molecule has 0 amide bonds. The Labute approximate surface area is 164 Å². The fourth-order valence-corrected chi connectivity index (χ4v) is 4.36. The third-order valence-corrected chi connectivity index (χ3v) is 5.66. The van der Waals surface area contributed by atoms with Crippen LogP contribution in [0.3, 0.4) is 0 Å². The van der Waals surface area contributed by atoms with Crippen LogP contribution < -0.4 is 0 Å². The molecule has 1 aromatic carbocycles. The molecular formula is C21H23MnO2S. The zero-order valence-corrected chi connectivity index (χ0v) is 16.4. The van der Waals surface area contributed by atoms with Crippen LogP contribution in [0, 0.1) is 19.7 Å². The summed E-state index contributed by atoms with van der Waals surface area (Å²) in [6.45, 7) is 11.1. The second kappa shape index (κ2) is 16.4. The van der Waals surface area contributed by atoms with Crippen molar-refractivity contribution in [3.05, 3.63) is 79.4 Å². The van der Waals surface area contributed by atoms with Crippen LogP contribution in [0.4, 0.5) is 0 Å². The molecule has 1 radical (unpaired) electrons. The van der Waals surface area contributed by atoms with Crippen LogP contribution in [0.1, 0.15) is 44.6 Å². The molecule has 0 spiro atoms. The molecule has 0 heterocycles. The van der Waals surface area contributed by atoms with Crippen molar-refractivity contribution in [3.63, 3.8) is 0 Å². The van der Waals surface area contributed by atoms with Gasteiger partial charge in [0.05, 0.1) is 0 Å². The van der Waals surface area contributed by atoms with E-state index < -0.39 is 0 Å². The molecule has 0 saturated heterocycles. The van der Waals surface area contributed by atoms with E-state index in [-0.39, 0.29) is 0 Å². The Hall–Kier alpha value is -1.08. The molecule has 132 valence electrons.